The molecule has 0 saturated heterocycles. The Labute approximate surface area is 97.7 Å². The molecule has 3 nitrogen and oxygen atoms in total. The van der Waals surface area contributed by atoms with Crippen molar-refractivity contribution in [3.05, 3.63) is 35.9 Å². The summed E-state index contributed by atoms with van der Waals surface area (Å²) in [5.41, 5.74) is 1.32. The van der Waals surface area contributed by atoms with E-state index >= 15 is 0 Å². The Morgan fingerprint density at radius 2 is 1.75 bits per heavy atom. The molecule has 3 heteroatoms. The number of aryl methyl sites for hydroxylation is 1. The van der Waals surface area contributed by atoms with Crippen molar-refractivity contribution in [3.8, 4) is 0 Å². The minimum Gasteiger partial charge on any atom is -0.394 e. The highest BCUT2D eigenvalue weighted by atomic mass is 16.5. The van der Waals surface area contributed by atoms with Gasteiger partial charge in [-0.05, 0) is 20.8 Å². The van der Waals surface area contributed by atoms with Gasteiger partial charge in [0.1, 0.15) is 0 Å². The zero-order valence-electron chi connectivity index (χ0n) is 10.3. The van der Waals surface area contributed by atoms with E-state index in [0.29, 0.717) is 6.61 Å². The van der Waals surface area contributed by atoms with E-state index in [1.54, 1.807) is 13.8 Å². The predicted octanol–water partition coefficient (Wildman–Crippen LogP) is 1.76. The van der Waals surface area contributed by atoms with Gasteiger partial charge in [0.15, 0.2) is 0 Å². The topological polar surface area (TPSA) is 49.7 Å². The highest BCUT2D eigenvalue weighted by Crippen LogP contribution is 1.92. The van der Waals surface area contributed by atoms with Crippen LogP contribution in [0.3, 0.4) is 0 Å². The number of hydrogen-bond acceptors (Lipinski definition) is 3. The van der Waals surface area contributed by atoms with Gasteiger partial charge in [0.25, 0.3) is 0 Å². The molecule has 2 atom stereocenters. The van der Waals surface area contributed by atoms with Crippen molar-refractivity contribution in [2.45, 2.75) is 33.0 Å². The molecule has 2 unspecified atom stereocenters. The van der Waals surface area contributed by atoms with Gasteiger partial charge in [0.05, 0.1) is 25.4 Å². The Morgan fingerprint density at radius 3 is 2.06 bits per heavy atom. The van der Waals surface area contributed by atoms with Crippen molar-refractivity contribution in [2.24, 2.45) is 0 Å². The first-order chi connectivity index (χ1) is 7.56. The van der Waals surface area contributed by atoms with Crippen LogP contribution < -0.4 is 0 Å². The minimum absolute atomic E-state index is 0.00667. The SMILES string of the molecule is CC(O)COC(C)CO.Cc1ccccc1. The van der Waals surface area contributed by atoms with Crippen LogP contribution in [-0.2, 0) is 4.74 Å². The van der Waals surface area contributed by atoms with Crippen LogP contribution in [-0.4, -0.2) is 35.6 Å². The molecule has 0 saturated carbocycles. The molecule has 1 aromatic carbocycles. The van der Waals surface area contributed by atoms with Gasteiger partial charge in [-0.2, -0.15) is 0 Å². The summed E-state index contributed by atoms with van der Waals surface area (Å²) in [5.74, 6) is 0. The molecular weight excluding hydrogens is 204 g/mol. The number of hydrogen-bond donors (Lipinski definition) is 2. The van der Waals surface area contributed by atoms with Crippen molar-refractivity contribution in [2.75, 3.05) is 13.2 Å². The van der Waals surface area contributed by atoms with Gasteiger partial charge in [-0.1, -0.05) is 35.9 Å². The fourth-order valence-corrected chi connectivity index (χ4v) is 0.891. The van der Waals surface area contributed by atoms with Crippen molar-refractivity contribution in [3.63, 3.8) is 0 Å². The van der Waals surface area contributed by atoms with E-state index in [1.807, 2.05) is 18.2 Å². The molecule has 1 rings (SSSR count). The fourth-order valence-electron chi connectivity index (χ4n) is 0.891. The Balaban J connectivity index is 0.000000288. The lowest BCUT2D eigenvalue weighted by Gasteiger charge is -2.10. The maximum absolute atomic E-state index is 8.69. The highest BCUT2D eigenvalue weighted by Gasteiger charge is 2.00. The molecule has 0 fully saturated rings. The van der Waals surface area contributed by atoms with Gasteiger partial charge in [-0.3, -0.25) is 0 Å². The molecule has 0 aliphatic heterocycles. The maximum Gasteiger partial charge on any atom is 0.0779 e. The van der Waals surface area contributed by atoms with E-state index in [2.05, 4.69) is 19.1 Å². The Hall–Kier alpha value is -0.900. The second-order valence-corrected chi connectivity index (χ2v) is 3.83. The molecule has 92 valence electrons. The molecule has 1 aromatic rings. The number of benzene rings is 1. The van der Waals surface area contributed by atoms with Crippen LogP contribution in [0, 0.1) is 6.92 Å². The van der Waals surface area contributed by atoms with Crippen molar-refractivity contribution in [1.29, 1.82) is 0 Å². The normalized spacial score (nSPS) is 13.6. The highest BCUT2D eigenvalue weighted by molar-refractivity contribution is 5.11. The first-order valence-corrected chi connectivity index (χ1v) is 5.48. The lowest BCUT2D eigenvalue weighted by Crippen LogP contribution is -2.19. The van der Waals surface area contributed by atoms with Gasteiger partial charge in [0.2, 0.25) is 0 Å². The summed E-state index contributed by atoms with van der Waals surface area (Å²) < 4.78 is 4.95. The molecule has 2 N–H and O–H groups in total. The lowest BCUT2D eigenvalue weighted by molar-refractivity contribution is -0.0177. The zero-order valence-corrected chi connectivity index (χ0v) is 10.3. The summed E-state index contributed by atoms with van der Waals surface area (Å²) in [6.07, 6.45) is -0.612. The molecule has 0 aliphatic rings. The average Bonchev–Trinajstić information content (AvgIpc) is 2.27. The molecule has 0 aromatic heterocycles. The Bertz CT molecular complexity index is 247. The number of aliphatic hydroxyl groups excluding tert-OH is 2. The molecule has 0 spiro atoms. The van der Waals surface area contributed by atoms with E-state index in [4.69, 9.17) is 14.9 Å². The van der Waals surface area contributed by atoms with Crippen LogP contribution in [0.25, 0.3) is 0 Å². The van der Waals surface area contributed by atoms with Gasteiger partial charge in [-0.15, -0.1) is 0 Å². The zero-order chi connectivity index (χ0) is 12.4. The first kappa shape index (κ1) is 15.1. The summed E-state index contributed by atoms with van der Waals surface area (Å²) in [7, 11) is 0. The van der Waals surface area contributed by atoms with Crippen LogP contribution in [0.1, 0.15) is 19.4 Å². The van der Waals surface area contributed by atoms with E-state index in [9.17, 15) is 0 Å². The molecule has 0 heterocycles. The van der Waals surface area contributed by atoms with Gasteiger partial charge < -0.3 is 14.9 Å². The quantitative estimate of drug-likeness (QED) is 0.822. The van der Waals surface area contributed by atoms with Crippen LogP contribution in [0.5, 0.6) is 0 Å². The van der Waals surface area contributed by atoms with Gasteiger partial charge >= 0.3 is 0 Å². The summed E-state index contributed by atoms with van der Waals surface area (Å²) in [4.78, 5) is 0. The van der Waals surface area contributed by atoms with E-state index in [-0.39, 0.29) is 12.7 Å². The third-order valence-corrected chi connectivity index (χ3v) is 1.82. The van der Waals surface area contributed by atoms with Crippen LogP contribution in [0.15, 0.2) is 30.3 Å². The molecule has 16 heavy (non-hydrogen) atoms. The Morgan fingerprint density at radius 1 is 1.19 bits per heavy atom. The van der Waals surface area contributed by atoms with Crippen molar-refractivity contribution < 1.29 is 14.9 Å². The van der Waals surface area contributed by atoms with Crippen LogP contribution >= 0.6 is 0 Å². The molecule has 0 bridgehead atoms. The van der Waals surface area contributed by atoms with Gasteiger partial charge in [0, 0.05) is 0 Å². The van der Waals surface area contributed by atoms with E-state index in [0.717, 1.165) is 0 Å². The molecule has 0 radical (unpaired) electrons. The van der Waals surface area contributed by atoms with E-state index in [1.165, 1.54) is 5.56 Å². The Kier molecular flexibility index (Phi) is 8.81. The van der Waals surface area contributed by atoms with Gasteiger partial charge in [-0.25, -0.2) is 0 Å². The van der Waals surface area contributed by atoms with Crippen LogP contribution in [0.4, 0.5) is 0 Å². The number of rotatable bonds is 4. The van der Waals surface area contributed by atoms with E-state index < -0.39 is 6.10 Å². The second kappa shape index (κ2) is 9.33. The molecule has 0 aliphatic carbocycles. The standard InChI is InChI=1S/C7H8.C6H14O3/c1-7-5-3-2-4-6-7;1-5(8)4-9-6(2)3-7/h2-6H,1H3;5-8H,3-4H2,1-2H3. The summed E-state index contributed by atoms with van der Waals surface area (Å²) in [6.45, 7) is 5.78. The van der Waals surface area contributed by atoms with Crippen molar-refractivity contribution >= 4 is 0 Å². The fraction of sp³-hybridized carbons (Fsp3) is 0.538. The van der Waals surface area contributed by atoms with Crippen LogP contribution in [0.2, 0.25) is 0 Å². The first-order valence-electron chi connectivity index (χ1n) is 5.48. The second-order valence-electron chi connectivity index (χ2n) is 3.83. The number of ether oxygens (including phenoxy) is 1. The summed E-state index contributed by atoms with van der Waals surface area (Å²) >= 11 is 0. The smallest absolute Gasteiger partial charge is 0.0779 e. The molecular formula is C13H22O3. The number of aliphatic hydroxyl groups is 2. The predicted molar refractivity (Wildman–Crippen MR) is 65.4 cm³/mol. The summed E-state index contributed by atoms with van der Waals surface area (Å²) in [5, 5.41) is 17.1. The lowest BCUT2D eigenvalue weighted by atomic mass is 10.2. The largest absolute Gasteiger partial charge is 0.394 e. The van der Waals surface area contributed by atoms with Crippen molar-refractivity contribution in [1.82, 2.24) is 0 Å². The summed E-state index contributed by atoms with van der Waals surface area (Å²) in [6, 6.07) is 10.3. The average molecular weight is 226 g/mol. The maximum atomic E-state index is 8.69. The third-order valence-electron chi connectivity index (χ3n) is 1.82. The monoisotopic (exact) mass is 226 g/mol. The third kappa shape index (κ3) is 9.65. The minimum atomic E-state index is -0.445. The molecule has 0 amide bonds.